The molecule has 10 atom stereocenters. The van der Waals surface area contributed by atoms with Gasteiger partial charge < -0.3 is 68.9 Å². The molecule has 1 heterocycles. The van der Waals surface area contributed by atoms with E-state index in [1.54, 1.807) is 13.8 Å². The van der Waals surface area contributed by atoms with Crippen molar-refractivity contribution in [2.45, 2.75) is 168 Å². The number of nitrogens with one attached hydrogen (secondary N) is 7. The average Bonchev–Trinajstić information content (AvgIpc) is 3.72. The Morgan fingerprint density at radius 2 is 1.21 bits per heavy atom. The molecule has 0 spiro atoms. The summed E-state index contributed by atoms with van der Waals surface area (Å²) in [6.45, 7) is 14.4. The zero-order chi connectivity index (χ0) is 51.5. The molecule has 1 saturated heterocycles. The number of amides is 9. The lowest BCUT2D eigenvalue weighted by molar-refractivity contribution is -0.144. The van der Waals surface area contributed by atoms with Crippen LogP contribution in [0.25, 0.3) is 0 Å². The van der Waals surface area contributed by atoms with Gasteiger partial charge in [-0.15, -0.1) is 0 Å². The summed E-state index contributed by atoms with van der Waals surface area (Å²) in [5.74, 6) is -11.8. The summed E-state index contributed by atoms with van der Waals surface area (Å²) in [6, 6.07) is -10.8. The number of aliphatic carboxylic acids is 2. The van der Waals surface area contributed by atoms with E-state index >= 15 is 0 Å². The maximum Gasteiger partial charge on any atom is 0.326 e. The Hall–Kier alpha value is -5.91. The van der Waals surface area contributed by atoms with Gasteiger partial charge in [-0.25, -0.2) is 4.79 Å². The van der Waals surface area contributed by atoms with Crippen molar-refractivity contribution in [1.82, 2.24) is 42.1 Å². The molecule has 1 rings (SSSR count). The minimum atomic E-state index is -1.75. The Kier molecular flexibility index (Phi) is 25.0. The van der Waals surface area contributed by atoms with Crippen molar-refractivity contribution in [3.8, 4) is 0 Å². The fraction of sp³-hybridized carbons (Fsp3) is 0.744. The predicted octanol–water partition coefficient (Wildman–Crippen LogP) is -2.67. The number of carbonyl (C=O) groups excluding carboxylic acids is 9. The molecule has 1 aliphatic heterocycles. The molecule has 0 unspecified atom stereocenters. The summed E-state index contributed by atoms with van der Waals surface area (Å²) in [5.41, 5.74) is 11.4. The number of primary amides is 1. The van der Waals surface area contributed by atoms with Gasteiger partial charge in [-0.2, -0.15) is 0 Å². The van der Waals surface area contributed by atoms with Crippen LogP contribution in [0.15, 0.2) is 0 Å². The molecular weight excluding hydrogens is 881 g/mol. The number of rotatable bonds is 29. The largest absolute Gasteiger partial charge is 0.481 e. The maximum absolute atomic E-state index is 13.9. The van der Waals surface area contributed by atoms with Crippen LogP contribution in [0.3, 0.4) is 0 Å². The number of likely N-dealkylation sites (tertiary alicyclic amines) is 1. The second-order valence-electron chi connectivity index (χ2n) is 18.3. The first-order chi connectivity index (χ1) is 31.1. The highest BCUT2D eigenvalue weighted by molar-refractivity contribution is 5.98. The summed E-state index contributed by atoms with van der Waals surface area (Å²) in [7, 11) is 0. The second kappa shape index (κ2) is 28.3. The summed E-state index contributed by atoms with van der Waals surface area (Å²) in [4.78, 5) is 144. The van der Waals surface area contributed by atoms with Gasteiger partial charge in [0.05, 0.1) is 25.1 Å². The van der Waals surface area contributed by atoms with Crippen LogP contribution in [-0.4, -0.2) is 153 Å². The van der Waals surface area contributed by atoms with Gasteiger partial charge in [0, 0.05) is 13.0 Å². The lowest BCUT2D eigenvalue weighted by Crippen LogP contribution is -2.61. The van der Waals surface area contributed by atoms with Crippen LogP contribution in [-0.2, 0) is 52.7 Å². The highest BCUT2D eigenvalue weighted by Gasteiger charge is 2.41. The van der Waals surface area contributed by atoms with Gasteiger partial charge in [0.15, 0.2) is 0 Å². The van der Waals surface area contributed by atoms with Gasteiger partial charge in [0.25, 0.3) is 0 Å². The number of hydrogen-bond acceptors (Lipinski definition) is 13. The van der Waals surface area contributed by atoms with E-state index in [1.807, 2.05) is 27.7 Å². The molecule has 0 aromatic carbocycles. The Morgan fingerprint density at radius 1 is 0.672 bits per heavy atom. The van der Waals surface area contributed by atoms with E-state index < -0.39 is 157 Å². The summed E-state index contributed by atoms with van der Waals surface area (Å²) in [6.07, 6.45) is -1.97. The number of hydrogen-bond donors (Lipinski definition) is 12. The minimum Gasteiger partial charge on any atom is -0.481 e. The quantitative estimate of drug-likeness (QED) is 0.0364. The lowest BCUT2D eigenvalue weighted by atomic mass is 9.97. The van der Waals surface area contributed by atoms with Crippen LogP contribution in [0, 0.1) is 23.7 Å². The lowest BCUT2D eigenvalue weighted by Gasteiger charge is -2.31. The summed E-state index contributed by atoms with van der Waals surface area (Å²) < 4.78 is 0. The van der Waals surface area contributed by atoms with Crippen LogP contribution in [0.1, 0.15) is 114 Å². The van der Waals surface area contributed by atoms with Crippen molar-refractivity contribution in [3.63, 3.8) is 0 Å². The van der Waals surface area contributed by atoms with E-state index in [2.05, 4.69) is 37.2 Å². The Morgan fingerprint density at radius 3 is 1.72 bits per heavy atom. The van der Waals surface area contributed by atoms with Gasteiger partial charge in [-0.05, 0) is 62.7 Å². The predicted molar refractivity (Wildman–Crippen MR) is 241 cm³/mol. The van der Waals surface area contributed by atoms with Crippen molar-refractivity contribution in [3.05, 3.63) is 0 Å². The molecule has 9 amide bonds. The molecule has 0 aromatic heterocycles. The standard InChI is InChI=1S/C43H74N10O14/c1-10-23(8)34(41(64)49-28(18-30(45)55)38(61)47-26(13-14-32(57)58)37(60)51-33(22(6)7)43(66)67)50-31(56)19-46-40(63)29-12-11-15-53(29)42(65)35(24(9)54)52-39(62)27(17-21(4)5)48-36(59)25(44)16-20(2)3/h20-29,33-35,54H,10-19,44H2,1-9H3,(H2,45,55)(H,46,63)(H,47,61)(H,48,59)(H,49,64)(H,50,56)(H,51,60)(H,52,62)(H,57,58)(H,66,67)/t23-,24+,25-,26-,27-,28-,29-,33-,34-,35-/m0/s1. The molecule has 0 saturated carbocycles. The molecule has 1 aliphatic rings. The molecule has 24 heteroatoms. The van der Waals surface area contributed by atoms with Gasteiger partial charge in [-0.1, -0.05) is 61.8 Å². The molecule has 24 nitrogen and oxygen atoms in total. The van der Waals surface area contributed by atoms with Crippen LogP contribution >= 0.6 is 0 Å². The van der Waals surface area contributed by atoms with Crippen molar-refractivity contribution < 1.29 is 68.1 Å². The van der Waals surface area contributed by atoms with Gasteiger partial charge in [-0.3, -0.25) is 47.9 Å². The number of aliphatic hydroxyl groups excluding tert-OH is 1. The second-order valence-corrected chi connectivity index (χ2v) is 18.3. The molecule has 0 aliphatic carbocycles. The van der Waals surface area contributed by atoms with E-state index in [4.69, 9.17) is 11.5 Å². The van der Waals surface area contributed by atoms with E-state index in [0.717, 1.165) is 0 Å². The summed E-state index contributed by atoms with van der Waals surface area (Å²) >= 11 is 0. The number of carbonyl (C=O) groups is 11. The molecule has 14 N–H and O–H groups in total. The van der Waals surface area contributed by atoms with Crippen LogP contribution in [0.4, 0.5) is 0 Å². The van der Waals surface area contributed by atoms with Crippen LogP contribution < -0.4 is 48.7 Å². The minimum absolute atomic E-state index is 0.0633. The van der Waals surface area contributed by atoms with Crippen molar-refractivity contribution in [2.24, 2.45) is 35.1 Å². The Balaban J connectivity index is 3.17. The highest BCUT2D eigenvalue weighted by Crippen LogP contribution is 2.20. The monoisotopic (exact) mass is 955 g/mol. The number of carboxylic acids is 2. The normalized spacial score (nSPS) is 17.6. The smallest absolute Gasteiger partial charge is 0.326 e. The van der Waals surface area contributed by atoms with E-state index in [9.17, 15) is 68.1 Å². The molecular formula is C43H74N10O14. The maximum atomic E-state index is 13.9. The van der Waals surface area contributed by atoms with Crippen LogP contribution in [0.5, 0.6) is 0 Å². The fourth-order valence-corrected chi connectivity index (χ4v) is 7.18. The van der Waals surface area contributed by atoms with Gasteiger partial charge >= 0.3 is 11.9 Å². The molecule has 67 heavy (non-hydrogen) atoms. The fourth-order valence-electron chi connectivity index (χ4n) is 7.18. The van der Waals surface area contributed by atoms with E-state index in [0.29, 0.717) is 19.3 Å². The van der Waals surface area contributed by atoms with Crippen molar-refractivity contribution in [2.75, 3.05) is 13.1 Å². The van der Waals surface area contributed by atoms with Gasteiger partial charge in [0.1, 0.15) is 42.3 Å². The third kappa shape index (κ3) is 20.2. The zero-order valence-corrected chi connectivity index (χ0v) is 40.0. The average molecular weight is 955 g/mol. The van der Waals surface area contributed by atoms with Crippen molar-refractivity contribution in [1.29, 1.82) is 0 Å². The number of aliphatic hydroxyl groups is 1. The van der Waals surface area contributed by atoms with Crippen molar-refractivity contribution >= 4 is 65.1 Å². The molecule has 0 aromatic rings. The first-order valence-corrected chi connectivity index (χ1v) is 22.7. The highest BCUT2D eigenvalue weighted by atomic mass is 16.4. The Bertz CT molecular complexity index is 1780. The van der Waals surface area contributed by atoms with E-state index in [-0.39, 0.29) is 31.2 Å². The third-order valence-corrected chi connectivity index (χ3v) is 11.1. The van der Waals surface area contributed by atoms with Gasteiger partial charge in [0.2, 0.25) is 53.2 Å². The summed E-state index contributed by atoms with van der Waals surface area (Å²) in [5, 5.41) is 46.4. The van der Waals surface area contributed by atoms with E-state index in [1.165, 1.54) is 25.7 Å². The molecule has 0 bridgehead atoms. The topological polar surface area (TPSA) is 388 Å². The number of nitrogens with zero attached hydrogens (tertiary/aromatic N) is 1. The first-order valence-electron chi connectivity index (χ1n) is 22.7. The number of carboxylic acid groups (broad SMARTS) is 2. The molecule has 380 valence electrons. The Labute approximate surface area is 391 Å². The zero-order valence-electron chi connectivity index (χ0n) is 40.0. The molecule has 1 fully saturated rings. The molecule has 0 radical (unpaired) electrons. The SMILES string of the molecule is CC[C@H](C)[C@H](NC(=O)CNC(=O)[C@@H]1CCCN1C(=O)[C@@H](NC(=O)[C@H](CC(C)C)NC(=O)[C@@H](N)CC(C)C)[C@@H](C)O)C(=O)N[C@@H](CC(N)=O)C(=O)N[C@@H](CCC(=O)O)C(=O)N[C@H](C(=O)O)C(C)C. The first kappa shape index (κ1) is 59.1. The van der Waals surface area contributed by atoms with Crippen LogP contribution in [0.2, 0.25) is 0 Å². The third-order valence-electron chi connectivity index (χ3n) is 11.1. The number of nitrogens with two attached hydrogens (primary N) is 2.